The molecule has 3 rings (SSSR count). The molecule has 2 amide bonds. The molecule has 1 atom stereocenters. The smallest absolute Gasteiger partial charge is 0.253 e. The summed E-state index contributed by atoms with van der Waals surface area (Å²) in [6.45, 7) is 2.67. The number of nitrogens with one attached hydrogen (secondary N) is 1. The fraction of sp³-hybridized carbons (Fsp3) is 0.333. The van der Waals surface area contributed by atoms with Crippen molar-refractivity contribution >= 4 is 17.5 Å². The van der Waals surface area contributed by atoms with Gasteiger partial charge >= 0.3 is 0 Å². The molecule has 2 aromatic carbocycles. The van der Waals surface area contributed by atoms with E-state index in [9.17, 15) is 9.59 Å². The zero-order valence-corrected chi connectivity index (χ0v) is 16.2. The predicted molar refractivity (Wildman–Crippen MR) is 105 cm³/mol. The maximum atomic E-state index is 12.5. The number of carbonyl (C=O) groups excluding carboxylic acids is 2. The van der Waals surface area contributed by atoms with Crippen molar-refractivity contribution in [2.45, 2.75) is 13.0 Å². The second-order valence-corrected chi connectivity index (χ2v) is 6.55. The van der Waals surface area contributed by atoms with Crippen LogP contribution < -0.4 is 19.7 Å². The molecule has 1 saturated heterocycles. The van der Waals surface area contributed by atoms with E-state index in [4.69, 9.17) is 14.2 Å². The van der Waals surface area contributed by atoms with Gasteiger partial charge in [-0.1, -0.05) is 17.7 Å². The third kappa shape index (κ3) is 4.43. The lowest BCUT2D eigenvalue weighted by molar-refractivity contribution is -0.129. The van der Waals surface area contributed by atoms with Gasteiger partial charge in [0.25, 0.3) is 11.8 Å². The molecule has 0 saturated carbocycles. The number of ether oxygens (including phenoxy) is 3. The fourth-order valence-electron chi connectivity index (χ4n) is 3.01. The monoisotopic (exact) mass is 384 g/mol. The van der Waals surface area contributed by atoms with Gasteiger partial charge in [0.15, 0.2) is 11.5 Å². The van der Waals surface area contributed by atoms with E-state index in [1.54, 1.807) is 30.2 Å². The Morgan fingerprint density at radius 1 is 1.14 bits per heavy atom. The van der Waals surface area contributed by atoms with E-state index in [2.05, 4.69) is 5.32 Å². The summed E-state index contributed by atoms with van der Waals surface area (Å²) in [5.41, 5.74) is 2.42. The molecule has 1 aliphatic rings. The lowest BCUT2D eigenvalue weighted by Gasteiger charge is -2.33. The lowest BCUT2D eigenvalue weighted by Crippen LogP contribution is -2.50. The van der Waals surface area contributed by atoms with Gasteiger partial charge in [-0.15, -0.1) is 0 Å². The highest BCUT2D eigenvalue weighted by Crippen LogP contribution is 2.27. The summed E-state index contributed by atoms with van der Waals surface area (Å²) in [6.07, 6.45) is -0.289. The quantitative estimate of drug-likeness (QED) is 0.826. The van der Waals surface area contributed by atoms with Crippen LogP contribution in [0.4, 0.5) is 5.69 Å². The molecule has 1 unspecified atom stereocenters. The maximum Gasteiger partial charge on any atom is 0.253 e. The molecule has 28 heavy (non-hydrogen) atoms. The van der Waals surface area contributed by atoms with E-state index in [0.717, 1.165) is 11.3 Å². The zero-order chi connectivity index (χ0) is 20.1. The number of rotatable bonds is 6. The van der Waals surface area contributed by atoms with E-state index in [1.807, 2.05) is 31.2 Å². The summed E-state index contributed by atoms with van der Waals surface area (Å²) in [4.78, 5) is 26.4. The van der Waals surface area contributed by atoms with Gasteiger partial charge in [-0.2, -0.15) is 0 Å². The average molecular weight is 384 g/mol. The topological polar surface area (TPSA) is 77.1 Å². The van der Waals surface area contributed by atoms with Gasteiger partial charge in [-0.3, -0.25) is 9.59 Å². The Balaban J connectivity index is 1.61. The minimum absolute atomic E-state index is 0.00915. The molecular formula is C21H24N2O5. The van der Waals surface area contributed by atoms with Crippen LogP contribution in [0.1, 0.15) is 15.9 Å². The number of hydrogen-bond donors (Lipinski definition) is 1. The SMILES string of the molecule is COc1ccc(C(=O)NCC2CN(c3ccc(C)cc3)C(=O)CO2)cc1OC. The molecule has 0 aromatic heterocycles. The van der Waals surface area contributed by atoms with Gasteiger partial charge in [0.05, 0.1) is 26.9 Å². The lowest BCUT2D eigenvalue weighted by atomic mass is 10.1. The highest BCUT2D eigenvalue weighted by Gasteiger charge is 2.27. The first-order chi connectivity index (χ1) is 13.5. The van der Waals surface area contributed by atoms with Gasteiger partial charge < -0.3 is 24.4 Å². The van der Waals surface area contributed by atoms with Crippen molar-refractivity contribution in [2.75, 3.05) is 38.8 Å². The summed E-state index contributed by atoms with van der Waals surface area (Å²) in [6, 6.07) is 12.7. The van der Waals surface area contributed by atoms with Crippen molar-refractivity contribution in [2.24, 2.45) is 0 Å². The Hall–Kier alpha value is -3.06. The summed E-state index contributed by atoms with van der Waals surface area (Å²) >= 11 is 0. The van der Waals surface area contributed by atoms with Gasteiger partial charge in [0.2, 0.25) is 0 Å². The highest BCUT2D eigenvalue weighted by atomic mass is 16.5. The van der Waals surface area contributed by atoms with E-state index in [1.165, 1.54) is 7.11 Å². The van der Waals surface area contributed by atoms with Crippen molar-refractivity contribution in [3.63, 3.8) is 0 Å². The Morgan fingerprint density at radius 2 is 1.86 bits per heavy atom. The zero-order valence-electron chi connectivity index (χ0n) is 16.2. The summed E-state index contributed by atoms with van der Waals surface area (Å²) < 4.78 is 16.0. The van der Waals surface area contributed by atoms with Crippen LogP contribution in [0.25, 0.3) is 0 Å². The van der Waals surface area contributed by atoms with Crippen LogP contribution in [0.15, 0.2) is 42.5 Å². The molecule has 148 valence electrons. The highest BCUT2D eigenvalue weighted by molar-refractivity contribution is 5.96. The van der Waals surface area contributed by atoms with Crippen LogP contribution in [0.3, 0.4) is 0 Å². The number of aryl methyl sites for hydroxylation is 1. The van der Waals surface area contributed by atoms with Crippen molar-refractivity contribution in [3.05, 3.63) is 53.6 Å². The van der Waals surface area contributed by atoms with E-state index in [-0.39, 0.29) is 24.5 Å². The molecule has 7 heteroatoms. The van der Waals surface area contributed by atoms with Gasteiger partial charge in [0.1, 0.15) is 6.61 Å². The molecule has 1 aliphatic heterocycles. The molecule has 1 heterocycles. The first kappa shape index (κ1) is 19.7. The van der Waals surface area contributed by atoms with Crippen LogP contribution in [-0.4, -0.2) is 51.8 Å². The molecule has 2 aromatic rings. The van der Waals surface area contributed by atoms with Crippen molar-refractivity contribution < 1.29 is 23.8 Å². The van der Waals surface area contributed by atoms with Crippen molar-refractivity contribution in [1.29, 1.82) is 0 Å². The minimum Gasteiger partial charge on any atom is -0.493 e. The largest absolute Gasteiger partial charge is 0.493 e. The predicted octanol–water partition coefficient (Wildman–Crippen LogP) is 2.17. The van der Waals surface area contributed by atoms with Gasteiger partial charge in [0, 0.05) is 17.8 Å². The minimum atomic E-state index is -0.289. The number of anilines is 1. The third-order valence-corrected chi connectivity index (χ3v) is 4.61. The fourth-order valence-corrected chi connectivity index (χ4v) is 3.01. The van der Waals surface area contributed by atoms with Crippen LogP contribution in [0.2, 0.25) is 0 Å². The Morgan fingerprint density at radius 3 is 2.54 bits per heavy atom. The van der Waals surface area contributed by atoms with Crippen molar-refractivity contribution in [3.8, 4) is 11.5 Å². The third-order valence-electron chi connectivity index (χ3n) is 4.61. The molecule has 0 spiro atoms. The normalized spacial score (nSPS) is 16.6. The number of nitrogens with zero attached hydrogens (tertiary/aromatic N) is 1. The Kier molecular flexibility index (Phi) is 6.16. The standard InChI is InChI=1S/C21H24N2O5/c1-14-4-7-16(8-5-14)23-12-17(28-13-20(23)24)11-22-21(25)15-6-9-18(26-2)19(10-15)27-3/h4-10,17H,11-13H2,1-3H3,(H,22,25). The van der Waals surface area contributed by atoms with Crippen LogP contribution >= 0.6 is 0 Å². The number of amides is 2. The molecule has 0 bridgehead atoms. The summed E-state index contributed by atoms with van der Waals surface area (Å²) in [5, 5.41) is 2.86. The maximum absolute atomic E-state index is 12.5. The number of carbonyl (C=O) groups is 2. The number of morpholine rings is 1. The van der Waals surface area contributed by atoms with Crippen LogP contribution in [0.5, 0.6) is 11.5 Å². The number of hydrogen-bond acceptors (Lipinski definition) is 5. The molecular weight excluding hydrogens is 360 g/mol. The van der Waals surface area contributed by atoms with Crippen LogP contribution in [-0.2, 0) is 9.53 Å². The van der Waals surface area contributed by atoms with E-state index >= 15 is 0 Å². The van der Waals surface area contributed by atoms with Crippen LogP contribution in [0, 0.1) is 6.92 Å². The molecule has 1 fully saturated rings. The number of methoxy groups -OCH3 is 2. The van der Waals surface area contributed by atoms with E-state index < -0.39 is 0 Å². The molecule has 7 nitrogen and oxygen atoms in total. The summed E-state index contributed by atoms with van der Waals surface area (Å²) in [5.74, 6) is 0.705. The van der Waals surface area contributed by atoms with Gasteiger partial charge in [-0.25, -0.2) is 0 Å². The number of benzene rings is 2. The second-order valence-electron chi connectivity index (χ2n) is 6.55. The first-order valence-electron chi connectivity index (χ1n) is 9.00. The Labute approximate surface area is 164 Å². The van der Waals surface area contributed by atoms with Gasteiger partial charge in [-0.05, 0) is 37.3 Å². The first-order valence-corrected chi connectivity index (χ1v) is 9.00. The Bertz CT molecular complexity index is 850. The average Bonchev–Trinajstić information content (AvgIpc) is 2.73. The molecule has 1 N–H and O–H groups in total. The second kappa shape index (κ2) is 8.75. The van der Waals surface area contributed by atoms with Crippen molar-refractivity contribution in [1.82, 2.24) is 5.32 Å². The molecule has 0 aliphatic carbocycles. The van der Waals surface area contributed by atoms with E-state index in [0.29, 0.717) is 30.2 Å². The summed E-state index contributed by atoms with van der Waals surface area (Å²) in [7, 11) is 3.06. The molecule has 0 radical (unpaired) electrons.